The van der Waals surface area contributed by atoms with Crippen molar-refractivity contribution in [3.63, 3.8) is 0 Å². The third-order valence-electron chi connectivity index (χ3n) is 6.42. The Bertz CT molecular complexity index is 1760. The van der Waals surface area contributed by atoms with Gasteiger partial charge in [-0.1, -0.05) is 17.7 Å². The fourth-order valence-electron chi connectivity index (χ4n) is 4.76. The van der Waals surface area contributed by atoms with Gasteiger partial charge < -0.3 is 20.0 Å². The van der Waals surface area contributed by atoms with Crippen LogP contribution >= 0.6 is 11.6 Å². The topological polar surface area (TPSA) is 148 Å². The van der Waals surface area contributed by atoms with E-state index in [2.05, 4.69) is 25.8 Å². The summed E-state index contributed by atoms with van der Waals surface area (Å²) >= 11 is 6.25. The van der Waals surface area contributed by atoms with Crippen LogP contribution < -0.4 is 10.9 Å². The zero-order chi connectivity index (χ0) is 25.7. The Balaban J connectivity index is 1.31. The van der Waals surface area contributed by atoms with Crippen LogP contribution in [0.1, 0.15) is 28.6 Å². The SMILES string of the molecule is O=C(O)c1cc2ccc(NC(=O)[C@@H]3CCc4cc(-c5cc(Cl)ccc5-n5cnnn5)cc(=O)n43)cc2[nH]1. The number of H-pyrrole nitrogens is 1. The number of nitrogens with zero attached hydrogens (tertiary/aromatic N) is 5. The van der Waals surface area contributed by atoms with Gasteiger partial charge in [-0.2, -0.15) is 4.68 Å². The molecule has 1 atom stereocenters. The predicted octanol–water partition coefficient (Wildman–Crippen LogP) is 3.45. The van der Waals surface area contributed by atoms with Crippen LogP contribution in [0.15, 0.2) is 65.7 Å². The number of aromatic nitrogens is 6. The highest BCUT2D eigenvalue weighted by atomic mass is 35.5. The molecule has 12 heteroatoms. The van der Waals surface area contributed by atoms with Gasteiger partial charge in [0.05, 0.1) is 5.69 Å². The number of carboxylic acid groups (broad SMARTS) is 1. The van der Waals surface area contributed by atoms with Gasteiger partial charge in [0.25, 0.3) is 5.56 Å². The maximum Gasteiger partial charge on any atom is 0.352 e. The standard InChI is InChI=1S/C25H18ClN7O4/c26-15-2-5-21(32-12-27-30-31-32)18(10-15)14-7-17-4-6-22(33(17)23(34)9-14)24(35)28-16-3-1-13-8-20(25(36)37)29-19(13)11-16/h1-3,5,7-12,22,29H,4,6H2,(H,28,35)(H,36,37)/t22-/m0/s1. The number of pyridine rings is 1. The van der Waals surface area contributed by atoms with Gasteiger partial charge in [0.1, 0.15) is 18.1 Å². The number of carbonyl (C=O) groups is 2. The second-order valence-electron chi connectivity index (χ2n) is 8.69. The molecule has 0 unspecified atom stereocenters. The molecule has 1 aliphatic rings. The van der Waals surface area contributed by atoms with E-state index in [1.54, 1.807) is 36.4 Å². The minimum atomic E-state index is -1.06. The molecule has 0 bridgehead atoms. The van der Waals surface area contributed by atoms with Crippen molar-refractivity contribution in [2.24, 2.45) is 0 Å². The highest BCUT2D eigenvalue weighted by molar-refractivity contribution is 6.31. The Morgan fingerprint density at radius 3 is 2.76 bits per heavy atom. The summed E-state index contributed by atoms with van der Waals surface area (Å²) in [6.45, 7) is 0. The molecule has 3 aromatic heterocycles. The predicted molar refractivity (Wildman–Crippen MR) is 135 cm³/mol. The van der Waals surface area contributed by atoms with Gasteiger partial charge in [-0.25, -0.2) is 4.79 Å². The maximum absolute atomic E-state index is 13.2. The van der Waals surface area contributed by atoms with Gasteiger partial charge in [0, 0.05) is 38.9 Å². The fraction of sp³-hybridized carbons (Fsp3) is 0.120. The van der Waals surface area contributed by atoms with Crippen LogP contribution in [0.4, 0.5) is 5.69 Å². The van der Waals surface area contributed by atoms with Crippen molar-refractivity contribution >= 4 is 40.1 Å². The number of halogens is 1. The van der Waals surface area contributed by atoms with E-state index in [1.165, 1.54) is 27.7 Å². The molecule has 0 aliphatic carbocycles. The van der Waals surface area contributed by atoms with E-state index in [4.69, 9.17) is 11.6 Å². The fourth-order valence-corrected chi connectivity index (χ4v) is 4.93. The van der Waals surface area contributed by atoms with E-state index in [1.807, 2.05) is 6.07 Å². The molecule has 2 aromatic carbocycles. The van der Waals surface area contributed by atoms with Gasteiger partial charge in [0.2, 0.25) is 5.91 Å². The number of tetrazole rings is 1. The first-order valence-corrected chi connectivity index (χ1v) is 11.7. The molecule has 4 heterocycles. The Hall–Kier alpha value is -4.77. The Morgan fingerprint density at radius 2 is 1.97 bits per heavy atom. The van der Waals surface area contributed by atoms with Crippen LogP contribution in [0.25, 0.3) is 27.7 Å². The Labute approximate surface area is 213 Å². The minimum absolute atomic E-state index is 0.0634. The number of aromatic amines is 1. The lowest BCUT2D eigenvalue weighted by Crippen LogP contribution is -2.31. The summed E-state index contributed by atoms with van der Waals surface area (Å²) in [5, 5.41) is 24.6. The van der Waals surface area contributed by atoms with Crippen molar-refractivity contribution in [1.82, 2.24) is 29.8 Å². The van der Waals surface area contributed by atoms with Crippen LogP contribution in [0, 0.1) is 0 Å². The van der Waals surface area contributed by atoms with Crippen molar-refractivity contribution in [2.45, 2.75) is 18.9 Å². The number of hydrogen-bond acceptors (Lipinski definition) is 6. The molecule has 1 aliphatic heterocycles. The zero-order valence-electron chi connectivity index (χ0n) is 19.1. The zero-order valence-corrected chi connectivity index (χ0v) is 19.8. The minimum Gasteiger partial charge on any atom is -0.477 e. The normalized spacial score (nSPS) is 14.6. The van der Waals surface area contributed by atoms with Crippen molar-refractivity contribution < 1.29 is 14.7 Å². The number of aromatic carboxylic acids is 1. The summed E-state index contributed by atoms with van der Waals surface area (Å²) in [7, 11) is 0. The van der Waals surface area contributed by atoms with Crippen molar-refractivity contribution in [2.75, 3.05) is 5.32 Å². The number of carbonyl (C=O) groups excluding carboxylic acids is 1. The number of benzene rings is 2. The van der Waals surface area contributed by atoms with Crippen molar-refractivity contribution in [3.8, 4) is 16.8 Å². The summed E-state index contributed by atoms with van der Waals surface area (Å²) in [5.74, 6) is -1.39. The molecule has 1 amide bonds. The van der Waals surface area contributed by atoms with Crippen molar-refractivity contribution in [1.29, 1.82) is 0 Å². The van der Waals surface area contributed by atoms with Crippen molar-refractivity contribution in [3.05, 3.63) is 87.7 Å². The molecular formula is C25H18ClN7O4. The quantitative estimate of drug-likeness (QED) is 0.324. The molecule has 0 radical (unpaired) electrons. The van der Waals surface area contributed by atoms with E-state index < -0.39 is 12.0 Å². The van der Waals surface area contributed by atoms with E-state index in [0.717, 1.165) is 5.69 Å². The van der Waals surface area contributed by atoms with E-state index in [9.17, 15) is 19.5 Å². The van der Waals surface area contributed by atoms with Gasteiger partial charge >= 0.3 is 5.97 Å². The number of anilines is 1. The molecule has 0 saturated heterocycles. The number of fused-ring (bicyclic) bond motifs is 2. The molecule has 37 heavy (non-hydrogen) atoms. The first-order chi connectivity index (χ1) is 17.9. The highest BCUT2D eigenvalue weighted by Gasteiger charge is 2.30. The summed E-state index contributed by atoms with van der Waals surface area (Å²) in [6, 6.07) is 14.5. The molecule has 5 aromatic rings. The average molecular weight is 516 g/mol. The van der Waals surface area contributed by atoms with Crippen LogP contribution in [-0.2, 0) is 11.2 Å². The lowest BCUT2D eigenvalue weighted by molar-refractivity contribution is -0.119. The Morgan fingerprint density at radius 1 is 1.11 bits per heavy atom. The van der Waals surface area contributed by atoms with Crippen LogP contribution in [0.2, 0.25) is 5.02 Å². The van der Waals surface area contributed by atoms with E-state index in [-0.39, 0.29) is 17.2 Å². The van der Waals surface area contributed by atoms with Crippen LogP contribution in [0.3, 0.4) is 0 Å². The number of hydrogen-bond donors (Lipinski definition) is 3. The number of carboxylic acids is 1. The van der Waals surface area contributed by atoms with E-state index in [0.29, 0.717) is 51.3 Å². The third-order valence-corrected chi connectivity index (χ3v) is 6.66. The first-order valence-electron chi connectivity index (χ1n) is 11.3. The maximum atomic E-state index is 13.2. The molecule has 0 spiro atoms. The van der Waals surface area contributed by atoms with Gasteiger partial charge in [-0.05, 0) is 71.3 Å². The van der Waals surface area contributed by atoms with Gasteiger partial charge in [0.15, 0.2) is 0 Å². The number of rotatable bonds is 5. The highest BCUT2D eigenvalue weighted by Crippen LogP contribution is 2.33. The van der Waals surface area contributed by atoms with Gasteiger partial charge in [-0.15, -0.1) is 5.10 Å². The smallest absolute Gasteiger partial charge is 0.352 e. The van der Waals surface area contributed by atoms with E-state index >= 15 is 0 Å². The van der Waals surface area contributed by atoms with Crippen LogP contribution in [-0.4, -0.2) is 46.7 Å². The molecule has 11 nitrogen and oxygen atoms in total. The number of nitrogens with one attached hydrogen (secondary N) is 2. The largest absolute Gasteiger partial charge is 0.477 e. The third kappa shape index (κ3) is 4.04. The molecule has 3 N–H and O–H groups in total. The lowest BCUT2D eigenvalue weighted by atomic mass is 10.0. The summed E-state index contributed by atoms with van der Waals surface area (Å²) < 4.78 is 3.00. The monoisotopic (exact) mass is 515 g/mol. The summed E-state index contributed by atoms with van der Waals surface area (Å²) in [6.07, 6.45) is 2.47. The number of amides is 1. The average Bonchev–Trinajstić information content (AvgIpc) is 3.63. The molecule has 0 saturated carbocycles. The molecule has 184 valence electrons. The summed E-state index contributed by atoms with van der Waals surface area (Å²) in [5.41, 5.74) is 3.58. The van der Waals surface area contributed by atoms with Crippen LogP contribution in [0.5, 0.6) is 0 Å². The molecular weight excluding hydrogens is 498 g/mol. The van der Waals surface area contributed by atoms with Gasteiger partial charge in [-0.3, -0.25) is 9.59 Å². The molecule has 6 rings (SSSR count). The summed E-state index contributed by atoms with van der Waals surface area (Å²) in [4.78, 5) is 40.4. The lowest BCUT2D eigenvalue weighted by Gasteiger charge is -2.16. The molecule has 0 fully saturated rings. The Kier molecular flexibility index (Phi) is 5.34. The second-order valence-corrected chi connectivity index (χ2v) is 9.13. The first kappa shape index (κ1) is 22.7. The second kappa shape index (κ2) is 8.71. The number of aryl methyl sites for hydroxylation is 1.